The molecule has 0 aromatic heterocycles. The van der Waals surface area contributed by atoms with Crippen molar-refractivity contribution in [2.45, 2.75) is 19.4 Å². The van der Waals surface area contributed by atoms with E-state index in [2.05, 4.69) is 15.9 Å². The van der Waals surface area contributed by atoms with Crippen molar-refractivity contribution in [3.63, 3.8) is 0 Å². The normalized spacial score (nSPS) is 15.5. The average molecular weight is 284 g/mol. The zero-order valence-corrected chi connectivity index (χ0v) is 10.5. The lowest BCUT2D eigenvalue weighted by atomic mass is 10.1. The highest BCUT2D eigenvalue weighted by Gasteiger charge is 2.21. The first kappa shape index (κ1) is 11.6. The Morgan fingerprint density at radius 2 is 2.06 bits per heavy atom. The van der Waals surface area contributed by atoms with E-state index in [0.717, 1.165) is 30.4 Å². The van der Waals surface area contributed by atoms with Crippen molar-refractivity contribution >= 4 is 21.8 Å². The van der Waals surface area contributed by atoms with Crippen molar-refractivity contribution in [3.05, 3.63) is 33.8 Å². The van der Waals surface area contributed by atoms with E-state index < -0.39 is 0 Å². The molecule has 0 atom stereocenters. The van der Waals surface area contributed by atoms with Crippen LogP contribution in [0.15, 0.2) is 22.7 Å². The number of carbonyl (C=O) groups is 1. The van der Waals surface area contributed by atoms with Gasteiger partial charge in [-0.05, 0) is 36.6 Å². The van der Waals surface area contributed by atoms with Gasteiger partial charge in [-0.3, -0.25) is 4.79 Å². The summed E-state index contributed by atoms with van der Waals surface area (Å²) in [5.41, 5.74) is 1.30. The monoisotopic (exact) mass is 283 g/mol. The lowest BCUT2D eigenvalue weighted by Gasteiger charge is -2.17. The highest BCUT2D eigenvalue weighted by Crippen LogP contribution is 2.20. The molecule has 1 fully saturated rings. The van der Waals surface area contributed by atoms with E-state index in [1.165, 1.54) is 0 Å². The van der Waals surface area contributed by atoms with E-state index >= 15 is 0 Å². The van der Waals surface area contributed by atoms with E-state index in [4.69, 9.17) is 0 Å². The minimum atomic E-state index is -0.103. The number of nitrogens with zero attached hydrogens (tertiary/aromatic N) is 1. The van der Waals surface area contributed by atoms with Crippen molar-refractivity contribution in [2.24, 2.45) is 0 Å². The second-order valence-electron chi connectivity index (χ2n) is 3.96. The van der Waals surface area contributed by atoms with E-state index in [9.17, 15) is 9.90 Å². The fraction of sp³-hybridized carbons (Fsp3) is 0.417. The fourth-order valence-corrected chi connectivity index (χ4v) is 2.40. The van der Waals surface area contributed by atoms with Gasteiger partial charge in [0.25, 0.3) is 5.91 Å². The molecule has 1 heterocycles. The third kappa shape index (κ3) is 2.28. The highest BCUT2D eigenvalue weighted by molar-refractivity contribution is 9.10. The van der Waals surface area contributed by atoms with E-state index in [1.54, 1.807) is 12.1 Å². The number of hydrogen-bond acceptors (Lipinski definition) is 2. The molecule has 4 heteroatoms. The molecule has 0 spiro atoms. The third-order valence-corrected chi connectivity index (χ3v) is 3.35. The maximum Gasteiger partial charge on any atom is 0.254 e. The van der Waals surface area contributed by atoms with Crippen molar-refractivity contribution in [1.82, 2.24) is 4.90 Å². The van der Waals surface area contributed by atoms with E-state index in [0.29, 0.717) is 11.1 Å². The van der Waals surface area contributed by atoms with Gasteiger partial charge in [0.2, 0.25) is 0 Å². The standard InChI is InChI=1S/C12H14BrNO2/c13-10-3-4-11(9(7-10)8-15)12(16)14-5-1-2-6-14/h3-4,7,15H,1-2,5-6,8H2. The number of carbonyl (C=O) groups excluding carboxylic acids is 1. The molecule has 2 rings (SSSR count). The van der Waals surface area contributed by atoms with Gasteiger partial charge < -0.3 is 10.0 Å². The van der Waals surface area contributed by atoms with Crippen molar-refractivity contribution in [3.8, 4) is 0 Å². The maximum absolute atomic E-state index is 12.1. The molecule has 1 amide bonds. The number of halogens is 1. The molecule has 16 heavy (non-hydrogen) atoms. The summed E-state index contributed by atoms with van der Waals surface area (Å²) in [7, 11) is 0. The first-order valence-electron chi connectivity index (χ1n) is 5.41. The molecule has 0 aliphatic carbocycles. The Bertz CT molecular complexity index is 400. The summed E-state index contributed by atoms with van der Waals surface area (Å²) in [6.07, 6.45) is 2.16. The Hall–Kier alpha value is -0.870. The van der Waals surface area contributed by atoms with Gasteiger partial charge in [0.1, 0.15) is 0 Å². The van der Waals surface area contributed by atoms with Crippen LogP contribution in [-0.4, -0.2) is 29.0 Å². The summed E-state index contributed by atoms with van der Waals surface area (Å²) in [6.45, 7) is 1.56. The van der Waals surface area contributed by atoms with Gasteiger partial charge in [-0.1, -0.05) is 15.9 Å². The van der Waals surface area contributed by atoms with Gasteiger partial charge in [0.05, 0.1) is 6.61 Å². The molecule has 0 unspecified atom stereocenters. The van der Waals surface area contributed by atoms with Gasteiger partial charge >= 0.3 is 0 Å². The zero-order chi connectivity index (χ0) is 11.5. The Morgan fingerprint density at radius 1 is 1.38 bits per heavy atom. The van der Waals surface area contributed by atoms with Crippen molar-refractivity contribution < 1.29 is 9.90 Å². The minimum absolute atomic E-state index is 0.0362. The Labute approximate surface area is 103 Å². The van der Waals surface area contributed by atoms with Gasteiger partial charge in [-0.15, -0.1) is 0 Å². The molecule has 1 aliphatic rings. The molecule has 1 aromatic rings. The number of aliphatic hydroxyl groups is 1. The highest BCUT2D eigenvalue weighted by atomic mass is 79.9. The Balaban J connectivity index is 2.28. The predicted molar refractivity (Wildman–Crippen MR) is 65.2 cm³/mol. The SMILES string of the molecule is O=C(c1ccc(Br)cc1CO)N1CCCC1. The van der Waals surface area contributed by atoms with E-state index in [-0.39, 0.29) is 12.5 Å². The summed E-state index contributed by atoms with van der Waals surface area (Å²) in [4.78, 5) is 14.0. The molecular weight excluding hydrogens is 270 g/mol. The van der Waals surface area contributed by atoms with Crippen LogP contribution >= 0.6 is 15.9 Å². The Morgan fingerprint density at radius 3 is 2.69 bits per heavy atom. The lowest BCUT2D eigenvalue weighted by molar-refractivity contribution is 0.0789. The van der Waals surface area contributed by atoms with Gasteiger partial charge in [-0.25, -0.2) is 0 Å². The molecule has 1 saturated heterocycles. The number of benzene rings is 1. The van der Waals surface area contributed by atoms with E-state index in [1.807, 2.05) is 11.0 Å². The Kier molecular flexibility index (Phi) is 3.61. The van der Waals surface area contributed by atoms with Crippen LogP contribution in [0.2, 0.25) is 0 Å². The molecule has 1 aromatic carbocycles. The van der Waals surface area contributed by atoms with Crippen LogP contribution in [0.4, 0.5) is 0 Å². The third-order valence-electron chi connectivity index (χ3n) is 2.86. The predicted octanol–water partition coefficient (Wildman–Crippen LogP) is 2.18. The number of likely N-dealkylation sites (tertiary alicyclic amines) is 1. The first-order chi connectivity index (χ1) is 7.72. The van der Waals surface area contributed by atoms with Gasteiger partial charge in [-0.2, -0.15) is 0 Å². The second kappa shape index (κ2) is 4.97. The molecule has 0 bridgehead atoms. The molecule has 1 N–H and O–H groups in total. The van der Waals surface area contributed by atoms with Crippen LogP contribution in [0.25, 0.3) is 0 Å². The smallest absolute Gasteiger partial charge is 0.254 e. The van der Waals surface area contributed by atoms with Crippen LogP contribution in [0.1, 0.15) is 28.8 Å². The quantitative estimate of drug-likeness (QED) is 0.904. The molecule has 0 radical (unpaired) electrons. The molecule has 0 saturated carbocycles. The maximum atomic E-state index is 12.1. The summed E-state index contributed by atoms with van der Waals surface area (Å²) < 4.78 is 0.884. The minimum Gasteiger partial charge on any atom is -0.392 e. The first-order valence-corrected chi connectivity index (χ1v) is 6.20. The topological polar surface area (TPSA) is 40.5 Å². The summed E-state index contributed by atoms with van der Waals surface area (Å²) in [6, 6.07) is 5.40. The van der Waals surface area contributed by atoms with Crippen LogP contribution in [0.3, 0.4) is 0 Å². The molecule has 86 valence electrons. The number of rotatable bonds is 2. The van der Waals surface area contributed by atoms with Gasteiger partial charge in [0.15, 0.2) is 0 Å². The second-order valence-corrected chi connectivity index (χ2v) is 4.87. The average Bonchev–Trinajstić information content (AvgIpc) is 2.81. The summed E-state index contributed by atoms with van der Waals surface area (Å²) in [5, 5.41) is 9.24. The lowest BCUT2D eigenvalue weighted by Crippen LogP contribution is -2.28. The summed E-state index contributed by atoms with van der Waals surface area (Å²) in [5.74, 6) is 0.0362. The fourth-order valence-electron chi connectivity index (χ4n) is 1.99. The van der Waals surface area contributed by atoms with Crippen molar-refractivity contribution in [2.75, 3.05) is 13.1 Å². The molecular formula is C12H14BrNO2. The summed E-state index contributed by atoms with van der Waals surface area (Å²) >= 11 is 3.33. The molecule has 3 nitrogen and oxygen atoms in total. The van der Waals surface area contributed by atoms with Crippen LogP contribution in [0, 0.1) is 0 Å². The zero-order valence-electron chi connectivity index (χ0n) is 8.95. The largest absolute Gasteiger partial charge is 0.392 e. The molecule has 1 aliphatic heterocycles. The van der Waals surface area contributed by atoms with Gasteiger partial charge in [0, 0.05) is 23.1 Å². The number of aliphatic hydroxyl groups excluding tert-OH is 1. The van der Waals surface area contributed by atoms with Crippen molar-refractivity contribution in [1.29, 1.82) is 0 Å². The number of amides is 1. The number of hydrogen-bond donors (Lipinski definition) is 1. The van der Waals surface area contributed by atoms with Crippen LogP contribution < -0.4 is 0 Å². The van der Waals surface area contributed by atoms with Crippen LogP contribution in [0.5, 0.6) is 0 Å². The van der Waals surface area contributed by atoms with Crippen LogP contribution in [-0.2, 0) is 6.61 Å².